The summed E-state index contributed by atoms with van der Waals surface area (Å²) in [5.74, 6) is -0.872. The van der Waals surface area contributed by atoms with Crippen LogP contribution in [0, 0.1) is 0 Å². The summed E-state index contributed by atoms with van der Waals surface area (Å²) in [6.07, 6.45) is 0. The van der Waals surface area contributed by atoms with Crippen molar-refractivity contribution in [1.82, 2.24) is 9.47 Å². The number of ether oxygens (including phenoxy) is 1. The Hall–Kier alpha value is -1.85. The van der Waals surface area contributed by atoms with Crippen LogP contribution in [-0.4, -0.2) is 46.8 Å². The molecule has 2 aromatic rings. The van der Waals surface area contributed by atoms with E-state index in [1.54, 1.807) is 6.07 Å². The van der Waals surface area contributed by atoms with E-state index in [1.807, 2.05) is 12.1 Å². The summed E-state index contributed by atoms with van der Waals surface area (Å²) in [6, 6.07) is 7.83. The van der Waals surface area contributed by atoms with Crippen LogP contribution in [0.4, 0.5) is 0 Å². The number of rotatable bonds is 4. The first kappa shape index (κ1) is 15.1. The lowest BCUT2D eigenvalue weighted by Gasteiger charge is -2.27. The lowest BCUT2D eigenvalue weighted by molar-refractivity contribution is 0.0331. The molecule has 1 aromatic carbocycles. The molecule has 0 amide bonds. The number of carboxylic acid groups (broad SMARTS) is 1. The minimum atomic E-state index is -0.872. The molecular formula is C17H22N2O3. The highest BCUT2D eigenvalue weighted by atomic mass is 16.5. The molecule has 0 atom stereocenters. The second kappa shape index (κ2) is 6.10. The molecule has 1 aliphatic rings. The Morgan fingerprint density at radius 3 is 2.68 bits per heavy atom. The van der Waals surface area contributed by atoms with E-state index in [2.05, 4.69) is 29.4 Å². The van der Waals surface area contributed by atoms with Gasteiger partial charge in [-0.1, -0.05) is 12.1 Å². The van der Waals surface area contributed by atoms with Gasteiger partial charge in [-0.2, -0.15) is 0 Å². The minimum absolute atomic E-state index is 0.217. The molecule has 0 spiro atoms. The zero-order valence-electron chi connectivity index (χ0n) is 13.1. The smallest absolute Gasteiger partial charge is 0.337 e. The van der Waals surface area contributed by atoms with Gasteiger partial charge in [0.1, 0.15) is 0 Å². The van der Waals surface area contributed by atoms with Crippen LogP contribution in [-0.2, 0) is 11.3 Å². The third-order valence-corrected chi connectivity index (χ3v) is 4.18. The number of nitrogens with zero attached hydrogens (tertiary/aromatic N) is 2. The molecule has 0 saturated carbocycles. The Bertz CT molecular complexity index is 685. The molecule has 0 radical (unpaired) electrons. The number of aromatic nitrogens is 1. The number of para-hydroxylation sites is 1. The number of carbonyl (C=O) groups is 1. The van der Waals surface area contributed by atoms with E-state index in [9.17, 15) is 9.90 Å². The molecule has 1 saturated heterocycles. The maximum absolute atomic E-state index is 11.5. The average Bonchev–Trinajstić information content (AvgIpc) is 2.85. The minimum Gasteiger partial charge on any atom is -0.478 e. The first-order chi connectivity index (χ1) is 10.6. The molecule has 0 bridgehead atoms. The summed E-state index contributed by atoms with van der Waals surface area (Å²) >= 11 is 0. The van der Waals surface area contributed by atoms with Crippen molar-refractivity contribution in [3.8, 4) is 0 Å². The third-order valence-electron chi connectivity index (χ3n) is 4.18. The third kappa shape index (κ3) is 2.74. The number of morpholine rings is 1. The van der Waals surface area contributed by atoms with E-state index < -0.39 is 5.97 Å². The molecule has 3 rings (SSSR count). The summed E-state index contributed by atoms with van der Waals surface area (Å²) in [6.45, 7) is 8.40. The molecule has 0 aliphatic carbocycles. The number of carboxylic acids is 1. The summed E-state index contributed by atoms with van der Waals surface area (Å²) < 4.78 is 7.56. The molecule has 1 aromatic heterocycles. The standard InChI is InChI=1S/C17H22N2O3/c1-12(2)19-14(11-18-6-8-22-9-7-18)10-13-4-3-5-15(16(13)19)17(20)21/h3-5,10,12H,6-9,11H2,1-2H3,(H,20,21). The van der Waals surface area contributed by atoms with Gasteiger partial charge in [0.25, 0.3) is 0 Å². The molecule has 1 aliphatic heterocycles. The predicted molar refractivity (Wildman–Crippen MR) is 85.4 cm³/mol. The number of fused-ring (bicyclic) bond motifs is 1. The van der Waals surface area contributed by atoms with Gasteiger partial charge in [-0.25, -0.2) is 4.79 Å². The van der Waals surface area contributed by atoms with Gasteiger partial charge in [0.05, 0.1) is 24.3 Å². The number of hydrogen-bond donors (Lipinski definition) is 1. The Kier molecular flexibility index (Phi) is 4.18. The first-order valence-electron chi connectivity index (χ1n) is 7.74. The van der Waals surface area contributed by atoms with E-state index in [4.69, 9.17) is 4.74 Å². The van der Waals surface area contributed by atoms with Gasteiger partial charge in [-0.05, 0) is 26.0 Å². The maximum Gasteiger partial charge on any atom is 0.337 e. The maximum atomic E-state index is 11.5. The summed E-state index contributed by atoms with van der Waals surface area (Å²) in [4.78, 5) is 13.9. The molecule has 5 heteroatoms. The molecule has 1 fully saturated rings. The Labute approximate surface area is 130 Å². The first-order valence-corrected chi connectivity index (χ1v) is 7.74. The van der Waals surface area contributed by atoms with E-state index in [-0.39, 0.29) is 6.04 Å². The second-order valence-electron chi connectivity index (χ2n) is 6.04. The van der Waals surface area contributed by atoms with E-state index in [0.29, 0.717) is 5.56 Å². The molecule has 22 heavy (non-hydrogen) atoms. The van der Waals surface area contributed by atoms with Gasteiger partial charge < -0.3 is 14.4 Å². The molecule has 2 heterocycles. The molecule has 118 valence electrons. The van der Waals surface area contributed by atoms with Gasteiger partial charge in [-0.3, -0.25) is 4.90 Å². The van der Waals surface area contributed by atoms with Crippen LogP contribution in [0.15, 0.2) is 24.3 Å². The Morgan fingerprint density at radius 1 is 1.32 bits per heavy atom. The second-order valence-corrected chi connectivity index (χ2v) is 6.04. The van der Waals surface area contributed by atoms with Gasteiger partial charge in [0.2, 0.25) is 0 Å². The molecular weight excluding hydrogens is 280 g/mol. The van der Waals surface area contributed by atoms with Crippen molar-refractivity contribution in [2.45, 2.75) is 26.4 Å². The Morgan fingerprint density at radius 2 is 2.05 bits per heavy atom. The highest BCUT2D eigenvalue weighted by Gasteiger charge is 2.20. The van der Waals surface area contributed by atoms with Crippen LogP contribution in [0.1, 0.15) is 35.9 Å². The van der Waals surface area contributed by atoms with Gasteiger partial charge in [-0.15, -0.1) is 0 Å². The van der Waals surface area contributed by atoms with Crippen molar-refractivity contribution < 1.29 is 14.6 Å². The quantitative estimate of drug-likeness (QED) is 0.943. The van der Waals surface area contributed by atoms with Crippen molar-refractivity contribution in [3.05, 3.63) is 35.5 Å². The lowest BCUT2D eigenvalue weighted by Crippen LogP contribution is -2.36. The van der Waals surface area contributed by atoms with Gasteiger partial charge in [0, 0.05) is 36.8 Å². The fraction of sp³-hybridized carbons (Fsp3) is 0.471. The van der Waals surface area contributed by atoms with Crippen molar-refractivity contribution in [2.24, 2.45) is 0 Å². The number of aromatic carboxylic acids is 1. The fourth-order valence-electron chi connectivity index (χ4n) is 3.21. The van der Waals surface area contributed by atoms with E-state index in [0.717, 1.165) is 43.8 Å². The number of benzene rings is 1. The largest absolute Gasteiger partial charge is 0.478 e. The average molecular weight is 302 g/mol. The van der Waals surface area contributed by atoms with E-state index >= 15 is 0 Å². The van der Waals surface area contributed by atoms with Gasteiger partial charge >= 0.3 is 5.97 Å². The molecule has 5 nitrogen and oxygen atoms in total. The van der Waals surface area contributed by atoms with Gasteiger partial charge in [0.15, 0.2) is 0 Å². The zero-order chi connectivity index (χ0) is 15.7. The van der Waals surface area contributed by atoms with Crippen molar-refractivity contribution in [2.75, 3.05) is 26.3 Å². The monoisotopic (exact) mass is 302 g/mol. The highest BCUT2D eigenvalue weighted by molar-refractivity contribution is 6.02. The summed E-state index contributed by atoms with van der Waals surface area (Å²) in [5.41, 5.74) is 2.37. The normalized spacial score (nSPS) is 16.5. The van der Waals surface area contributed by atoms with Crippen molar-refractivity contribution in [3.63, 3.8) is 0 Å². The van der Waals surface area contributed by atoms with Crippen LogP contribution in [0.25, 0.3) is 10.9 Å². The van der Waals surface area contributed by atoms with Crippen LogP contribution in [0.2, 0.25) is 0 Å². The van der Waals surface area contributed by atoms with Crippen LogP contribution in [0.5, 0.6) is 0 Å². The predicted octanol–water partition coefficient (Wildman–Crippen LogP) is 2.75. The zero-order valence-corrected chi connectivity index (χ0v) is 13.1. The van der Waals surface area contributed by atoms with E-state index in [1.165, 1.54) is 5.69 Å². The summed E-state index contributed by atoms with van der Waals surface area (Å²) in [7, 11) is 0. The highest BCUT2D eigenvalue weighted by Crippen LogP contribution is 2.28. The van der Waals surface area contributed by atoms with Crippen LogP contribution in [0.3, 0.4) is 0 Å². The Balaban J connectivity index is 2.07. The fourth-order valence-corrected chi connectivity index (χ4v) is 3.21. The summed E-state index contributed by atoms with van der Waals surface area (Å²) in [5, 5.41) is 10.5. The molecule has 0 unspecified atom stereocenters. The SMILES string of the molecule is CC(C)n1c(CN2CCOCC2)cc2cccc(C(=O)O)c21. The van der Waals surface area contributed by atoms with Crippen molar-refractivity contribution >= 4 is 16.9 Å². The van der Waals surface area contributed by atoms with Crippen molar-refractivity contribution in [1.29, 1.82) is 0 Å². The topological polar surface area (TPSA) is 54.7 Å². The lowest BCUT2D eigenvalue weighted by atomic mass is 10.1. The molecule has 1 N–H and O–H groups in total. The van der Waals surface area contributed by atoms with Crippen LogP contribution < -0.4 is 0 Å². The van der Waals surface area contributed by atoms with Crippen LogP contribution >= 0.6 is 0 Å². The number of hydrogen-bond acceptors (Lipinski definition) is 3.